The molecule has 0 N–H and O–H groups in total. The van der Waals surface area contributed by atoms with Crippen LogP contribution in [0.5, 0.6) is 0 Å². The summed E-state index contributed by atoms with van der Waals surface area (Å²) in [5, 5.41) is 0. The van der Waals surface area contributed by atoms with Crippen molar-refractivity contribution in [1.29, 1.82) is 0 Å². The minimum atomic E-state index is 0.0572. The molecule has 1 fully saturated rings. The first kappa shape index (κ1) is 19.7. The molecule has 2 unspecified atom stereocenters. The summed E-state index contributed by atoms with van der Waals surface area (Å²) in [6.07, 6.45) is 5.51. The lowest BCUT2D eigenvalue weighted by atomic mass is 9.70. The van der Waals surface area contributed by atoms with Gasteiger partial charge in [0.2, 0.25) is 0 Å². The minimum Gasteiger partial charge on any atom is -0.318 e. The average Bonchev–Trinajstić information content (AvgIpc) is 3.52. The van der Waals surface area contributed by atoms with E-state index in [0.717, 1.165) is 0 Å². The number of rotatable bonds is 3. The van der Waals surface area contributed by atoms with E-state index in [4.69, 9.17) is 0 Å². The van der Waals surface area contributed by atoms with Crippen LogP contribution in [0.4, 0.5) is 11.4 Å². The Kier molecular flexibility index (Phi) is 4.47. The fourth-order valence-corrected chi connectivity index (χ4v) is 6.82. The largest absolute Gasteiger partial charge is 0.318 e. The predicted octanol–water partition coefficient (Wildman–Crippen LogP) is 7.71. The topological polar surface area (TPSA) is 6.48 Å². The number of fused-ring (bicyclic) bond motifs is 3. The maximum absolute atomic E-state index is 2.67. The van der Waals surface area contributed by atoms with E-state index in [9.17, 15) is 0 Å². The third-order valence-corrected chi connectivity index (χ3v) is 8.29. The molecule has 1 aliphatic carbocycles. The monoisotopic (exact) mass is 420 g/mol. The Morgan fingerprint density at radius 3 is 2.06 bits per heavy atom. The first-order valence-corrected chi connectivity index (χ1v) is 12.1. The quantitative estimate of drug-likeness (QED) is 0.428. The minimum absolute atomic E-state index is 0.0572. The molecule has 0 radical (unpaired) electrons. The summed E-state index contributed by atoms with van der Waals surface area (Å²) in [6, 6.07) is 29.1. The van der Waals surface area contributed by atoms with Crippen LogP contribution in [-0.4, -0.2) is 0 Å². The summed E-state index contributed by atoms with van der Waals surface area (Å²) < 4.78 is 0. The van der Waals surface area contributed by atoms with Crippen LogP contribution in [0.3, 0.4) is 0 Å². The van der Waals surface area contributed by atoms with Crippen LogP contribution in [0.1, 0.15) is 62.4 Å². The lowest BCUT2D eigenvalue weighted by Crippen LogP contribution is -2.34. The highest BCUT2D eigenvalue weighted by Crippen LogP contribution is 2.62. The number of anilines is 2. The standard InChI is InChI=1S/C30H32N2/c1-21-13-7-11-19-26(21)31-22(2)28-30(3,24-16-8-9-17-24)25-18-10-12-20-27(25)32(28)29(31)23-14-5-4-6-15-23/h4-7,10-15,18-20,24,29H,8-9,16-17H2,1-3H3. The maximum Gasteiger partial charge on any atom is 0.136 e. The van der Waals surface area contributed by atoms with Crippen molar-refractivity contribution in [3.8, 4) is 0 Å². The van der Waals surface area contributed by atoms with E-state index < -0.39 is 0 Å². The molecule has 0 aromatic heterocycles. The van der Waals surface area contributed by atoms with E-state index in [1.807, 2.05) is 0 Å². The second-order valence-corrected chi connectivity index (χ2v) is 9.95. The second-order valence-electron chi connectivity index (χ2n) is 9.95. The van der Waals surface area contributed by atoms with Gasteiger partial charge in [0.15, 0.2) is 0 Å². The Morgan fingerprint density at radius 2 is 1.34 bits per heavy atom. The molecule has 2 heteroatoms. The zero-order valence-corrected chi connectivity index (χ0v) is 19.4. The number of hydrogen-bond donors (Lipinski definition) is 0. The predicted molar refractivity (Wildman–Crippen MR) is 134 cm³/mol. The highest BCUT2D eigenvalue weighted by Gasteiger charge is 2.56. The van der Waals surface area contributed by atoms with Gasteiger partial charge in [-0.15, -0.1) is 0 Å². The molecule has 3 aromatic rings. The Balaban J connectivity index is 1.63. The summed E-state index contributed by atoms with van der Waals surface area (Å²) in [5.41, 5.74) is 9.86. The lowest BCUT2D eigenvalue weighted by Gasteiger charge is -2.35. The van der Waals surface area contributed by atoms with Gasteiger partial charge in [0.05, 0.1) is 5.70 Å². The molecule has 3 aliphatic rings. The summed E-state index contributed by atoms with van der Waals surface area (Å²) in [7, 11) is 0. The van der Waals surface area contributed by atoms with E-state index in [1.165, 1.54) is 65.1 Å². The van der Waals surface area contributed by atoms with Gasteiger partial charge in [-0.3, -0.25) is 0 Å². The molecule has 32 heavy (non-hydrogen) atoms. The van der Waals surface area contributed by atoms with Crippen molar-refractivity contribution in [2.24, 2.45) is 5.92 Å². The average molecular weight is 421 g/mol. The SMILES string of the molecule is CC1=C2N(c3ccccc3C2(C)C2CCCC2)C(c2ccccc2)N1c1ccccc1C. The molecular formula is C30H32N2. The number of allylic oxidation sites excluding steroid dienone is 2. The molecule has 6 rings (SSSR count). The molecule has 0 saturated heterocycles. The zero-order chi connectivity index (χ0) is 21.9. The summed E-state index contributed by atoms with van der Waals surface area (Å²) >= 11 is 0. The summed E-state index contributed by atoms with van der Waals surface area (Å²) in [5.74, 6) is 0.701. The van der Waals surface area contributed by atoms with E-state index in [2.05, 4.69) is 109 Å². The molecule has 0 bridgehead atoms. The van der Waals surface area contributed by atoms with Gasteiger partial charge in [-0.05, 0) is 68.4 Å². The second kappa shape index (κ2) is 7.27. The molecule has 0 spiro atoms. The fraction of sp³-hybridized carbons (Fsp3) is 0.333. The number of hydrogen-bond acceptors (Lipinski definition) is 2. The highest BCUT2D eigenvalue weighted by molar-refractivity contribution is 5.79. The van der Waals surface area contributed by atoms with E-state index in [0.29, 0.717) is 5.92 Å². The molecular weight excluding hydrogens is 388 g/mol. The normalized spacial score (nSPS) is 24.9. The maximum atomic E-state index is 2.67. The van der Waals surface area contributed by atoms with Crippen molar-refractivity contribution in [1.82, 2.24) is 0 Å². The van der Waals surface area contributed by atoms with Gasteiger partial charge in [-0.1, -0.05) is 79.6 Å². The molecule has 3 aromatic carbocycles. The van der Waals surface area contributed by atoms with Crippen molar-refractivity contribution in [2.45, 2.75) is 58.0 Å². The van der Waals surface area contributed by atoms with Crippen molar-refractivity contribution < 1.29 is 0 Å². The Hall–Kier alpha value is -3.00. The van der Waals surface area contributed by atoms with Crippen LogP contribution in [0.2, 0.25) is 0 Å². The van der Waals surface area contributed by atoms with Gasteiger partial charge in [-0.25, -0.2) is 0 Å². The molecule has 2 aliphatic heterocycles. The number of benzene rings is 3. The molecule has 2 atom stereocenters. The van der Waals surface area contributed by atoms with Crippen molar-refractivity contribution in [3.05, 3.63) is 107 Å². The molecule has 0 amide bonds. The lowest BCUT2D eigenvalue weighted by molar-refractivity contribution is 0.352. The van der Waals surface area contributed by atoms with Gasteiger partial charge in [0.25, 0.3) is 0 Å². The van der Waals surface area contributed by atoms with Gasteiger partial charge in [0, 0.05) is 22.5 Å². The van der Waals surface area contributed by atoms with E-state index in [-0.39, 0.29) is 11.6 Å². The Morgan fingerprint density at radius 1 is 0.719 bits per heavy atom. The van der Waals surface area contributed by atoms with Crippen LogP contribution in [0, 0.1) is 12.8 Å². The van der Waals surface area contributed by atoms with Gasteiger partial charge < -0.3 is 9.80 Å². The first-order valence-electron chi connectivity index (χ1n) is 12.1. The molecule has 1 saturated carbocycles. The van der Waals surface area contributed by atoms with E-state index in [1.54, 1.807) is 0 Å². The van der Waals surface area contributed by atoms with Crippen LogP contribution in [-0.2, 0) is 5.41 Å². The summed E-state index contributed by atoms with van der Waals surface area (Å²) in [4.78, 5) is 5.27. The summed E-state index contributed by atoms with van der Waals surface area (Å²) in [6.45, 7) is 7.13. The number of aryl methyl sites for hydroxylation is 1. The zero-order valence-electron chi connectivity index (χ0n) is 19.4. The van der Waals surface area contributed by atoms with Crippen LogP contribution in [0.25, 0.3) is 0 Å². The van der Waals surface area contributed by atoms with Crippen LogP contribution in [0.15, 0.2) is 90.3 Å². The van der Waals surface area contributed by atoms with Crippen molar-refractivity contribution >= 4 is 11.4 Å². The molecule has 162 valence electrons. The fourth-order valence-electron chi connectivity index (χ4n) is 6.82. The van der Waals surface area contributed by atoms with Gasteiger partial charge in [0.1, 0.15) is 6.17 Å². The number of nitrogens with zero attached hydrogens (tertiary/aromatic N) is 2. The van der Waals surface area contributed by atoms with Crippen molar-refractivity contribution in [3.63, 3.8) is 0 Å². The smallest absolute Gasteiger partial charge is 0.136 e. The Labute approximate surface area is 192 Å². The Bertz CT molecular complexity index is 1190. The van der Waals surface area contributed by atoms with Crippen LogP contribution < -0.4 is 9.80 Å². The third-order valence-electron chi connectivity index (χ3n) is 8.29. The van der Waals surface area contributed by atoms with Crippen LogP contribution >= 0.6 is 0 Å². The highest BCUT2D eigenvalue weighted by atomic mass is 15.4. The molecule has 2 heterocycles. The molecule has 2 nitrogen and oxygen atoms in total. The van der Waals surface area contributed by atoms with E-state index >= 15 is 0 Å². The number of para-hydroxylation sites is 2. The third kappa shape index (κ3) is 2.59. The van der Waals surface area contributed by atoms with Gasteiger partial charge >= 0.3 is 0 Å². The van der Waals surface area contributed by atoms with Crippen molar-refractivity contribution in [2.75, 3.05) is 9.80 Å². The van der Waals surface area contributed by atoms with Gasteiger partial charge in [-0.2, -0.15) is 0 Å². The first-order chi connectivity index (χ1) is 15.6.